The van der Waals surface area contributed by atoms with Gasteiger partial charge in [-0.15, -0.1) is 0 Å². The summed E-state index contributed by atoms with van der Waals surface area (Å²) in [6.45, 7) is 8.31. The second-order valence-electron chi connectivity index (χ2n) is 18.6. The van der Waals surface area contributed by atoms with E-state index < -0.39 is 57.5 Å². The van der Waals surface area contributed by atoms with E-state index in [4.69, 9.17) is 18.9 Å². The van der Waals surface area contributed by atoms with Crippen molar-refractivity contribution in [3.8, 4) is 5.75 Å². The first-order valence-corrected chi connectivity index (χ1v) is 21.6. The van der Waals surface area contributed by atoms with Gasteiger partial charge in [0.2, 0.25) is 5.60 Å². The third kappa shape index (κ3) is 5.47. The minimum absolute atomic E-state index is 0.158. The molecule has 2 saturated heterocycles. The summed E-state index contributed by atoms with van der Waals surface area (Å²) in [5.74, 6) is -1.78. The Morgan fingerprint density at radius 3 is 2.41 bits per heavy atom. The first-order chi connectivity index (χ1) is 29.2. The van der Waals surface area contributed by atoms with Crippen LogP contribution in [0.1, 0.15) is 85.6 Å². The van der Waals surface area contributed by atoms with Gasteiger partial charge in [-0.25, -0.2) is 4.79 Å². The lowest BCUT2D eigenvalue weighted by Gasteiger charge is -2.63. The fourth-order valence-corrected chi connectivity index (χ4v) is 13.6. The number of esters is 3. The molecule has 1 saturated carbocycles. The summed E-state index contributed by atoms with van der Waals surface area (Å²) in [7, 11) is 6.05. The number of benzene rings is 2. The number of H-pyrrole nitrogens is 1. The van der Waals surface area contributed by atoms with Gasteiger partial charge in [0.15, 0.2) is 6.10 Å². The normalized spacial score (nSPS) is 36.1. The summed E-state index contributed by atoms with van der Waals surface area (Å²) < 4.78 is 23.9. The second kappa shape index (κ2) is 14.4. The Morgan fingerprint density at radius 1 is 0.967 bits per heavy atom. The van der Waals surface area contributed by atoms with E-state index in [9.17, 15) is 24.6 Å². The van der Waals surface area contributed by atoms with E-state index in [0.717, 1.165) is 28.3 Å². The van der Waals surface area contributed by atoms with Gasteiger partial charge in [0, 0.05) is 96.5 Å². The molecule has 2 unspecified atom stereocenters. The smallest absolute Gasteiger partial charge is 0.344 e. The summed E-state index contributed by atoms with van der Waals surface area (Å²) in [6.07, 6.45) is 6.38. The largest absolute Gasteiger partial charge is 0.496 e. The van der Waals surface area contributed by atoms with Crippen molar-refractivity contribution < 1.29 is 48.3 Å². The standard InChI is InChI=1S/C47H58N4O10/c1-8-43(56)22-29-23-46(41(54)59-6,37-30(13-17-50(24-29)26-43)31-19-28(25-52)11-12-34(31)48-37)33-20-32-35(21-36(33)58-5)49(4)39-45(32)15-18-51-16-10-14-44(9-2,38(45)51)40(61-27(3)53)47(39,57)42(55)60-7/h10-12,14,19-21,25,29,38-40,48,56-57H,8-9,13,15-18,22-24,26H2,1-7H3/t29-,38+,39?,40-,43+,44-,45-,46+,47+/m1/s1. The number of nitrogens with one attached hydrogen (secondary N) is 1. The average Bonchev–Trinajstić information content (AvgIpc) is 3.92. The van der Waals surface area contributed by atoms with E-state index in [1.165, 1.54) is 21.1 Å². The number of rotatable bonds is 8. The Morgan fingerprint density at radius 2 is 1.74 bits per heavy atom. The van der Waals surface area contributed by atoms with Gasteiger partial charge in [-0.05, 0) is 86.4 Å². The van der Waals surface area contributed by atoms with Crippen LogP contribution in [0, 0.1) is 11.3 Å². The molecule has 14 nitrogen and oxygen atoms in total. The topological polar surface area (TPSA) is 171 Å². The number of aldehydes is 1. The van der Waals surface area contributed by atoms with Gasteiger partial charge in [0.1, 0.15) is 17.5 Å². The lowest BCUT2D eigenvalue weighted by molar-refractivity contribution is -0.228. The van der Waals surface area contributed by atoms with Crippen molar-refractivity contribution in [2.75, 3.05) is 66.0 Å². The second-order valence-corrected chi connectivity index (χ2v) is 18.6. The van der Waals surface area contributed by atoms with E-state index in [1.54, 1.807) is 13.2 Å². The zero-order chi connectivity index (χ0) is 43.4. The van der Waals surface area contributed by atoms with Crippen molar-refractivity contribution in [1.82, 2.24) is 14.8 Å². The van der Waals surface area contributed by atoms with E-state index >= 15 is 4.79 Å². The molecule has 326 valence electrons. The van der Waals surface area contributed by atoms with Gasteiger partial charge in [-0.3, -0.25) is 24.2 Å². The van der Waals surface area contributed by atoms with Crippen LogP contribution in [0.2, 0.25) is 0 Å². The lowest BCUT2D eigenvalue weighted by atomic mass is 9.47. The quantitative estimate of drug-likeness (QED) is 0.130. The van der Waals surface area contributed by atoms with Crippen LogP contribution in [0.15, 0.2) is 42.5 Å². The molecule has 5 aliphatic heterocycles. The fourth-order valence-electron chi connectivity index (χ4n) is 13.6. The SMILES string of the molecule is CC[C@]1(O)C[C@H]2CN(CCc3c([nH]c4ccc(C=O)cc34)[C@@](C(=O)OC)(c3cc4c(cc3OC)N(C)C3[C@]45CCN4CC=C[C@@](CC)([C@@H](OC(C)=O)[C@]3(O)C(=O)OC)[C@H]45)C2)C1. The van der Waals surface area contributed by atoms with Crippen LogP contribution < -0.4 is 9.64 Å². The third-order valence-corrected chi connectivity index (χ3v) is 15.9. The zero-order valence-electron chi connectivity index (χ0n) is 36.2. The van der Waals surface area contributed by atoms with Crippen LogP contribution in [-0.2, 0) is 45.8 Å². The molecule has 3 N–H and O–H groups in total. The molecule has 2 bridgehead atoms. The molecule has 3 aromatic rings. The maximum Gasteiger partial charge on any atom is 0.344 e. The van der Waals surface area contributed by atoms with E-state index in [-0.39, 0.29) is 18.4 Å². The Kier molecular flexibility index (Phi) is 9.82. The first kappa shape index (κ1) is 41.6. The van der Waals surface area contributed by atoms with Gasteiger partial charge < -0.3 is 39.0 Å². The number of aromatic amines is 1. The summed E-state index contributed by atoms with van der Waals surface area (Å²) in [6, 6.07) is 8.16. The number of ether oxygens (including phenoxy) is 4. The van der Waals surface area contributed by atoms with E-state index in [0.29, 0.717) is 93.1 Å². The highest BCUT2D eigenvalue weighted by Crippen LogP contribution is 2.68. The summed E-state index contributed by atoms with van der Waals surface area (Å²) in [5.41, 5.74) is -1.90. The molecular weight excluding hydrogens is 781 g/mol. The van der Waals surface area contributed by atoms with Crippen molar-refractivity contribution in [3.05, 3.63) is 70.4 Å². The fraction of sp³-hybridized carbons (Fsp3) is 0.574. The summed E-state index contributed by atoms with van der Waals surface area (Å²) in [4.78, 5) is 65.3. The predicted molar refractivity (Wildman–Crippen MR) is 226 cm³/mol. The molecule has 61 heavy (non-hydrogen) atoms. The van der Waals surface area contributed by atoms with Crippen molar-refractivity contribution >= 4 is 40.8 Å². The number of aromatic nitrogens is 1. The average molecular weight is 839 g/mol. The van der Waals surface area contributed by atoms with Crippen LogP contribution in [0.4, 0.5) is 5.69 Å². The number of hydrogen-bond donors (Lipinski definition) is 3. The lowest BCUT2D eigenvalue weighted by Crippen LogP contribution is -2.81. The number of methoxy groups -OCH3 is 3. The molecule has 1 aliphatic carbocycles. The maximum atomic E-state index is 15.4. The number of fused-ring (bicyclic) bond motifs is 6. The number of nitrogens with zero attached hydrogens (tertiary/aromatic N) is 3. The molecule has 6 heterocycles. The van der Waals surface area contributed by atoms with Gasteiger partial charge in [-0.2, -0.15) is 0 Å². The van der Waals surface area contributed by atoms with Crippen molar-refractivity contribution in [1.29, 1.82) is 0 Å². The van der Waals surface area contributed by atoms with Crippen molar-refractivity contribution in [2.24, 2.45) is 11.3 Å². The highest BCUT2D eigenvalue weighted by atomic mass is 16.6. The molecule has 2 aromatic carbocycles. The molecule has 9 rings (SSSR count). The Bertz CT molecular complexity index is 2360. The van der Waals surface area contributed by atoms with Crippen LogP contribution in [0.3, 0.4) is 0 Å². The summed E-state index contributed by atoms with van der Waals surface area (Å²) in [5, 5.41) is 26.2. The van der Waals surface area contributed by atoms with Gasteiger partial charge in [-0.1, -0.05) is 26.0 Å². The zero-order valence-corrected chi connectivity index (χ0v) is 36.2. The minimum Gasteiger partial charge on any atom is -0.496 e. The molecule has 6 aliphatic rings. The summed E-state index contributed by atoms with van der Waals surface area (Å²) >= 11 is 0. The number of aliphatic hydroxyl groups is 2. The van der Waals surface area contributed by atoms with Crippen molar-refractivity contribution in [2.45, 2.75) is 99.5 Å². The molecule has 0 radical (unpaired) electrons. The van der Waals surface area contributed by atoms with Crippen LogP contribution in [0.5, 0.6) is 5.75 Å². The monoisotopic (exact) mass is 838 g/mol. The molecular formula is C47H58N4O10. The Labute approximate surface area is 356 Å². The number of anilines is 1. The van der Waals surface area contributed by atoms with Gasteiger partial charge in [0.25, 0.3) is 0 Å². The predicted octanol–water partition coefficient (Wildman–Crippen LogP) is 3.80. The van der Waals surface area contributed by atoms with Crippen LogP contribution >= 0.6 is 0 Å². The minimum atomic E-state index is -2.33. The Balaban J connectivity index is 1.37. The molecule has 1 spiro atoms. The van der Waals surface area contributed by atoms with Gasteiger partial charge in [0.05, 0.1) is 33.0 Å². The Hall–Kier alpha value is -4.76. The van der Waals surface area contributed by atoms with E-state index in [2.05, 4.69) is 20.9 Å². The van der Waals surface area contributed by atoms with E-state index in [1.807, 2.05) is 56.1 Å². The van der Waals surface area contributed by atoms with Crippen LogP contribution in [-0.4, -0.2) is 140 Å². The number of carbonyl (C=O) groups is 4. The number of likely N-dealkylation sites (N-methyl/N-ethyl adjacent to an activating group) is 1. The van der Waals surface area contributed by atoms with Crippen molar-refractivity contribution in [3.63, 3.8) is 0 Å². The maximum absolute atomic E-state index is 15.4. The number of hydrogen-bond acceptors (Lipinski definition) is 13. The highest BCUT2D eigenvalue weighted by molar-refractivity contribution is 5.96. The van der Waals surface area contributed by atoms with Gasteiger partial charge >= 0.3 is 17.9 Å². The number of carbonyl (C=O) groups excluding carboxylic acids is 4. The molecule has 0 amide bonds. The molecule has 3 fully saturated rings. The molecule has 10 atom stereocenters. The first-order valence-electron chi connectivity index (χ1n) is 21.6. The third-order valence-electron chi connectivity index (χ3n) is 15.9. The molecule has 1 aromatic heterocycles. The number of piperidine rings is 1. The highest BCUT2D eigenvalue weighted by Gasteiger charge is 2.80. The molecule has 14 heteroatoms. The van der Waals surface area contributed by atoms with Crippen LogP contribution in [0.25, 0.3) is 10.9 Å².